The normalized spacial score (nSPS) is 13.4. The Labute approximate surface area is 258 Å². The van der Waals surface area contributed by atoms with Crippen molar-refractivity contribution in [3.05, 3.63) is 126 Å². The van der Waals surface area contributed by atoms with E-state index in [0.29, 0.717) is 46.1 Å². The summed E-state index contributed by atoms with van der Waals surface area (Å²) in [5.41, 5.74) is 9.08. The van der Waals surface area contributed by atoms with Gasteiger partial charge in [-0.2, -0.15) is 8.78 Å². The molecule has 230 valence electrons. The number of aromatic nitrogens is 2. The third-order valence-electron chi connectivity index (χ3n) is 7.20. The zero-order valence-electron chi connectivity index (χ0n) is 24.5. The number of halogens is 2. The number of amides is 3. The maximum Gasteiger partial charge on any atom is 0.321 e. The fourth-order valence-electron chi connectivity index (χ4n) is 4.90. The standard InChI is InChI=1S/C34H31F2N5O4/c1-21(39-33(44)34(2,35)36)30(23-12-7-4-8-13-23)45-26-16-17-28-27(19-26)38-20-41(28)25-15-9-14-24(18-25)32(43)40-29(31(37)42)22-10-5-3-6-11-22/h3-21,29-30H,1-2H3,(H2,37,42)(H,39,44)(H,40,43)/t21-,29+,30-/m0/s1. The Bertz CT molecular complexity index is 1820. The molecular weight excluding hydrogens is 580 g/mol. The second-order valence-corrected chi connectivity index (χ2v) is 10.6. The van der Waals surface area contributed by atoms with Crippen LogP contribution in [0.1, 0.15) is 47.5 Å². The SMILES string of the molecule is C[C@H](NC(=O)C(C)(F)F)[C@H](Oc1ccc2c(c1)ncn2-c1cccc(C(=O)N[C@@H](C(N)=O)c2ccccc2)c1)c1ccccc1. The minimum Gasteiger partial charge on any atom is -0.484 e. The minimum atomic E-state index is -3.54. The summed E-state index contributed by atoms with van der Waals surface area (Å²) in [6.45, 7) is 2.14. The minimum absolute atomic E-state index is 0.316. The monoisotopic (exact) mass is 611 g/mol. The van der Waals surface area contributed by atoms with Gasteiger partial charge in [0.2, 0.25) is 5.91 Å². The molecule has 1 aromatic heterocycles. The molecule has 11 heteroatoms. The van der Waals surface area contributed by atoms with Gasteiger partial charge in [0.15, 0.2) is 0 Å². The van der Waals surface area contributed by atoms with Crippen molar-refractivity contribution in [3.63, 3.8) is 0 Å². The van der Waals surface area contributed by atoms with Gasteiger partial charge in [0, 0.05) is 24.2 Å². The zero-order valence-corrected chi connectivity index (χ0v) is 24.5. The second-order valence-electron chi connectivity index (χ2n) is 10.6. The van der Waals surface area contributed by atoms with E-state index in [9.17, 15) is 23.2 Å². The molecule has 0 fully saturated rings. The average molecular weight is 612 g/mol. The van der Waals surface area contributed by atoms with E-state index < -0.39 is 41.8 Å². The van der Waals surface area contributed by atoms with Crippen LogP contribution in [0, 0.1) is 0 Å². The van der Waals surface area contributed by atoms with Gasteiger partial charge in [-0.3, -0.25) is 19.0 Å². The van der Waals surface area contributed by atoms with E-state index >= 15 is 0 Å². The number of primary amides is 1. The van der Waals surface area contributed by atoms with Crippen molar-refractivity contribution in [3.8, 4) is 11.4 Å². The highest BCUT2D eigenvalue weighted by atomic mass is 19.3. The predicted molar refractivity (Wildman–Crippen MR) is 165 cm³/mol. The third-order valence-corrected chi connectivity index (χ3v) is 7.20. The lowest BCUT2D eigenvalue weighted by atomic mass is 10.0. The number of alkyl halides is 2. The number of imidazole rings is 1. The smallest absolute Gasteiger partial charge is 0.321 e. The molecule has 0 radical (unpaired) electrons. The molecule has 1 heterocycles. The second kappa shape index (κ2) is 13.0. The van der Waals surface area contributed by atoms with Crippen LogP contribution in [0.3, 0.4) is 0 Å². The molecule has 4 aromatic carbocycles. The first-order valence-electron chi connectivity index (χ1n) is 14.1. The first kappa shape index (κ1) is 30.9. The molecule has 4 N–H and O–H groups in total. The molecule has 0 unspecified atom stereocenters. The predicted octanol–water partition coefficient (Wildman–Crippen LogP) is 5.26. The molecule has 5 aromatic rings. The largest absolute Gasteiger partial charge is 0.484 e. The van der Waals surface area contributed by atoms with Crippen LogP contribution in [-0.4, -0.2) is 39.2 Å². The highest BCUT2D eigenvalue weighted by molar-refractivity contribution is 5.98. The zero-order chi connectivity index (χ0) is 32.1. The summed E-state index contributed by atoms with van der Waals surface area (Å²) in [5.74, 6) is -5.67. The first-order valence-corrected chi connectivity index (χ1v) is 14.1. The average Bonchev–Trinajstić information content (AvgIpc) is 3.46. The van der Waals surface area contributed by atoms with Crippen LogP contribution in [-0.2, 0) is 9.59 Å². The molecule has 3 amide bonds. The number of fused-ring (bicyclic) bond motifs is 1. The highest BCUT2D eigenvalue weighted by Crippen LogP contribution is 2.29. The Morgan fingerprint density at radius 1 is 0.867 bits per heavy atom. The number of nitrogens with zero attached hydrogens (tertiary/aromatic N) is 2. The summed E-state index contributed by atoms with van der Waals surface area (Å²) in [7, 11) is 0. The Balaban J connectivity index is 1.38. The van der Waals surface area contributed by atoms with Gasteiger partial charge in [-0.25, -0.2) is 4.98 Å². The van der Waals surface area contributed by atoms with Crippen LogP contribution >= 0.6 is 0 Å². The number of nitrogens with two attached hydrogens (primary N) is 1. The van der Waals surface area contributed by atoms with Crippen LogP contribution < -0.4 is 21.1 Å². The molecule has 9 nitrogen and oxygen atoms in total. The van der Waals surface area contributed by atoms with Crippen LogP contribution in [0.4, 0.5) is 8.78 Å². The maximum absolute atomic E-state index is 13.6. The van der Waals surface area contributed by atoms with E-state index in [1.165, 1.54) is 0 Å². The summed E-state index contributed by atoms with van der Waals surface area (Å²) in [5, 5.41) is 5.06. The molecular formula is C34H31F2N5O4. The molecule has 0 spiro atoms. The number of nitrogens with one attached hydrogen (secondary N) is 2. The van der Waals surface area contributed by atoms with Crippen LogP contribution in [0.15, 0.2) is 109 Å². The first-order chi connectivity index (χ1) is 21.5. The molecule has 0 saturated carbocycles. The van der Waals surface area contributed by atoms with Gasteiger partial charge in [0.25, 0.3) is 11.8 Å². The molecule has 0 aliphatic rings. The van der Waals surface area contributed by atoms with Crippen molar-refractivity contribution in [2.24, 2.45) is 5.73 Å². The van der Waals surface area contributed by atoms with Gasteiger partial charge in [-0.15, -0.1) is 0 Å². The van der Waals surface area contributed by atoms with E-state index in [2.05, 4.69) is 15.6 Å². The Morgan fingerprint density at radius 3 is 2.18 bits per heavy atom. The van der Waals surface area contributed by atoms with Gasteiger partial charge in [-0.05, 0) is 48.4 Å². The van der Waals surface area contributed by atoms with E-state index in [-0.39, 0.29) is 0 Å². The van der Waals surface area contributed by atoms with E-state index in [0.717, 1.165) is 0 Å². The summed E-state index contributed by atoms with van der Waals surface area (Å²) in [4.78, 5) is 41.7. The van der Waals surface area contributed by atoms with Crippen molar-refractivity contribution in [1.82, 2.24) is 20.2 Å². The molecule has 3 atom stereocenters. The summed E-state index contributed by atoms with van der Waals surface area (Å²) in [6.07, 6.45) is 0.829. The van der Waals surface area contributed by atoms with Crippen molar-refractivity contribution >= 4 is 28.8 Å². The quantitative estimate of drug-likeness (QED) is 0.188. The molecule has 5 rings (SSSR count). The van der Waals surface area contributed by atoms with Gasteiger partial charge in [0.1, 0.15) is 24.2 Å². The fourth-order valence-corrected chi connectivity index (χ4v) is 4.90. The van der Waals surface area contributed by atoms with Crippen molar-refractivity contribution in [2.75, 3.05) is 0 Å². The summed E-state index contributed by atoms with van der Waals surface area (Å²) >= 11 is 0. The van der Waals surface area contributed by atoms with E-state index in [1.807, 2.05) is 12.1 Å². The number of carbonyl (C=O) groups excluding carboxylic acids is 3. The number of carbonyl (C=O) groups is 3. The third kappa shape index (κ3) is 7.15. The summed E-state index contributed by atoms with van der Waals surface area (Å²) in [6, 6.07) is 28.0. The topological polar surface area (TPSA) is 128 Å². The highest BCUT2D eigenvalue weighted by Gasteiger charge is 2.35. The number of hydrogen-bond acceptors (Lipinski definition) is 5. The lowest BCUT2D eigenvalue weighted by Gasteiger charge is -2.27. The molecule has 0 saturated heterocycles. The molecule has 0 aliphatic heterocycles. The number of benzene rings is 4. The van der Waals surface area contributed by atoms with Crippen molar-refractivity contribution in [2.45, 2.75) is 38.0 Å². The summed E-state index contributed by atoms with van der Waals surface area (Å²) < 4.78 is 35.3. The van der Waals surface area contributed by atoms with E-state index in [4.69, 9.17) is 10.5 Å². The van der Waals surface area contributed by atoms with Crippen LogP contribution in [0.2, 0.25) is 0 Å². The molecule has 0 bridgehead atoms. The lowest BCUT2D eigenvalue weighted by Crippen LogP contribution is -2.46. The van der Waals surface area contributed by atoms with Gasteiger partial charge in [-0.1, -0.05) is 66.7 Å². The van der Waals surface area contributed by atoms with Crippen LogP contribution in [0.25, 0.3) is 16.7 Å². The number of hydrogen-bond donors (Lipinski definition) is 3. The fraction of sp³-hybridized carbons (Fsp3) is 0.176. The van der Waals surface area contributed by atoms with Gasteiger partial charge in [0.05, 0.1) is 17.1 Å². The van der Waals surface area contributed by atoms with Crippen molar-refractivity contribution in [1.29, 1.82) is 0 Å². The molecule has 0 aliphatic carbocycles. The lowest BCUT2D eigenvalue weighted by molar-refractivity contribution is -0.144. The van der Waals surface area contributed by atoms with Gasteiger partial charge >= 0.3 is 5.92 Å². The Kier molecular flexibility index (Phi) is 8.89. The Hall–Kier alpha value is -5.58. The number of rotatable bonds is 11. The van der Waals surface area contributed by atoms with Crippen molar-refractivity contribution < 1.29 is 27.9 Å². The maximum atomic E-state index is 13.6. The Morgan fingerprint density at radius 2 is 1.53 bits per heavy atom. The van der Waals surface area contributed by atoms with E-state index in [1.54, 1.807) is 109 Å². The molecule has 45 heavy (non-hydrogen) atoms. The van der Waals surface area contributed by atoms with Crippen LogP contribution in [0.5, 0.6) is 5.75 Å². The number of ether oxygens (including phenoxy) is 1. The van der Waals surface area contributed by atoms with Gasteiger partial charge < -0.3 is 21.1 Å².